The van der Waals surface area contributed by atoms with Crippen LogP contribution in [0.15, 0.2) is 0 Å². The van der Waals surface area contributed by atoms with Gasteiger partial charge in [-0.15, -0.1) is 0 Å². The van der Waals surface area contributed by atoms with E-state index in [1.54, 1.807) is 0 Å². The summed E-state index contributed by atoms with van der Waals surface area (Å²) < 4.78 is 2.04. The normalized spacial score (nSPS) is 14.2. The lowest BCUT2D eigenvalue weighted by atomic mass is 9.95. The van der Waals surface area contributed by atoms with Crippen LogP contribution in [0.4, 0.5) is 0 Å². The quantitative estimate of drug-likeness (QED) is 0.761. The SMILES string of the molecule is CCNC(C)(CCCn1nc(C)c(CC)c1C)C(N)=O. The Balaban J connectivity index is 2.66. The second-order valence-electron chi connectivity index (χ2n) is 5.56. The van der Waals surface area contributed by atoms with Gasteiger partial charge in [0, 0.05) is 12.2 Å². The van der Waals surface area contributed by atoms with Crippen molar-refractivity contribution in [3.05, 3.63) is 17.0 Å². The molecule has 5 nitrogen and oxygen atoms in total. The van der Waals surface area contributed by atoms with Crippen LogP contribution in [0.2, 0.25) is 0 Å². The Morgan fingerprint density at radius 2 is 2.05 bits per heavy atom. The van der Waals surface area contributed by atoms with Gasteiger partial charge in [0.2, 0.25) is 5.91 Å². The minimum absolute atomic E-state index is 0.290. The fourth-order valence-corrected chi connectivity index (χ4v) is 2.73. The summed E-state index contributed by atoms with van der Waals surface area (Å²) in [6, 6.07) is 0. The van der Waals surface area contributed by atoms with Crippen molar-refractivity contribution in [3.8, 4) is 0 Å². The summed E-state index contributed by atoms with van der Waals surface area (Å²) in [5, 5.41) is 7.75. The number of nitrogens with two attached hydrogens (primary N) is 1. The molecule has 1 aromatic heterocycles. The van der Waals surface area contributed by atoms with E-state index in [9.17, 15) is 4.79 Å². The van der Waals surface area contributed by atoms with Crippen molar-refractivity contribution in [1.82, 2.24) is 15.1 Å². The molecular weight excluding hydrogens is 252 g/mol. The van der Waals surface area contributed by atoms with Crippen LogP contribution in [0.25, 0.3) is 0 Å². The molecule has 1 aromatic rings. The average molecular weight is 280 g/mol. The molecule has 0 aromatic carbocycles. The molecular formula is C15H28N4O. The smallest absolute Gasteiger partial charge is 0.237 e. The van der Waals surface area contributed by atoms with E-state index in [0.29, 0.717) is 0 Å². The van der Waals surface area contributed by atoms with Crippen LogP contribution in [0.5, 0.6) is 0 Å². The van der Waals surface area contributed by atoms with E-state index in [-0.39, 0.29) is 5.91 Å². The van der Waals surface area contributed by atoms with Gasteiger partial charge in [-0.25, -0.2) is 0 Å². The molecule has 1 atom stereocenters. The molecule has 0 aliphatic heterocycles. The minimum Gasteiger partial charge on any atom is -0.368 e. The maximum atomic E-state index is 11.6. The number of carbonyl (C=O) groups is 1. The number of hydrogen-bond acceptors (Lipinski definition) is 3. The van der Waals surface area contributed by atoms with E-state index in [0.717, 1.165) is 38.0 Å². The number of rotatable bonds is 8. The van der Waals surface area contributed by atoms with E-state index >= 15 is 0 Å². The van der Waals surface area contributed by atoms with Gasteiger partial charge in [0.25, 0.3) is 0 Å². The summed E-state index contributed by atoms with van der Waals surface area (Å²) in [5.41, 5.74) is 8.53. The molecule has 3 N–H and O–H groups in total. The highest BCUT2D eigenvalue weighted by Gasteiger charge is 2.29. The van der Waals surface area contributed by atoms with Gasteiger partial charge in [-0.2, -0.15) is 5.10 Å². The molecule has 0 radical (unpaired) electrons. The number of likely N-dealkylation sites (N-methyl/N-ethyl adjacent to an activating group) is 1. The second-order valence-corrected chi connectivity index (χ2v) is 5.56. The zero-order chi connectivity index (χ0) is 15.3. The molecule has 0 spiro atoms. The Morgan fingerprint density at radius 3 is 2.50 bits per heavy atom. The van der Waals surface area contributed by atoms with Gasteiger partial charge in [0.15, 0.2) is 0 Å². The summed E-state index contributed by atoms with van der Waals surface area (Å²) in [7, 11) is 0. The monoisotopic (exact) mass is 280 g/mol. The molecule has 1 heterocycles. The van der Waals surface area contributed by atoms with E-state index < -0.39 is 5.54 Å². The van der Waals surface area contributed by atoms with E-state index in [1.807, 2.05) is 18.5 Å². The summed E-state index contributed by atoms with van der Waals surface area (Å²) >= 11 is 0. The zero-order valence-electron chi connectivity index (χ0n) is 13.4. The van der Waals surface area contributed by atoms with Gasteiger partial charge >= 0.3 is 0 Å². The predicted octanol–water partition coefficient (Wildman–Crippen LogP) is 1.70. The molecule has 1 unspecified atom stereocenters. The standard InChI is InChI=1S/C15H28N4O/c1-6-13-11(3)18-19(12(13)4)10-8-9-15(5,14(16)20)17-7-2/h17H,6-10H2,1-5H3,(H2,16,20). The van der Waals surface area contributed by atoms with Crippen molar-refractivity contribution < 1.29 is 4.79 Å². The van der Waals surface area contributed by atoms with Crippen molar-refractivity contribution in [2.45, 2.75) is 66.0 Å². The Bertz CT molecular complexity index is 467. The van der Waals surface area contributed by atoms with Gasteiger partial charge in [-0.05, 0) is 52.1 Å². The van der Waals surface area contributed by atoms with Crippen LogP contribution in [-0.2, 0) is 17.8 Å². The van der Waals surface area contributed by atoms with E-state index in [2.05, 4.69) is 31.2 Å². The summed E-state index contributed by atoms with van der Waals surface area (Å²) in [6.07, 6.45) is 2.60. The predicted molar refractivity (Wildman–Crippen MR) is 81.6 cm³/mol. The Labute approximate surface area is 121 Å². The molecule has 0 saturated carbocycles. The minimum atomic E-state index is -0.627. The van der Waals surface area contributed by atoms with Crippen molar-refractivity contribution in [1.29, 1.82) is 0 Å². The van der Waals surface area contributed by atoms with Gasteiger partial charge in [0.05, 0.1) is 11.2 Å². The number of carbonyl (C=O) groups excluding carboxylic acids is 1. The first-order valence-electron chi connectivity index (χ1n) is 7.43. The largest absolute Gasteiger partial charge is 0.368 e. The fraction of sp³-hybridized carbons (Fsp3) is 0.733. The topological polar surface area (TPSA) is 72.9 Å². The van der Waals surface area contributed by atoms with Crippen molar-refractivity contribution in [2.24, 2.45) is 5.73 Å². The molecule has 1 amide bonds. The average Bonchev–Trinajstić information content (AvgIpc) is 2.64. The number of hydrogen-bond donors (Lipinski definition) is 2. The third-order valence-corrected chi connectivity index (χ3v) is 4.04. The molecule has 0 aliphatic rings. The summed E-state index contributed by atoms with van der Waals surface area (Å²) in [4.78, 5) is 11.6. The lowest BCUT2D eigenvalue weighted by molar-refractivity contribution is -0.124. The van der Waals surface area contributed by atoms with Crippen LogP contribution in [0.3, 0.4) is 0 Å². The molecule has 0 saturated heterocycles. The highest BCUT2D eigenvalue weighted by molar-refractivity contribution is 5.84. The van der Waals surface area contributed by atoms with Crippen molar-refractivity contribution in [3.63, 3.8) is 0 Å². The van der Waals surface area contributed by atoms with E-state index in [1.165, 1.54) is 11.3 Å². The number of amides is 1. The Morgan fingerprint density at radius 1 is 1.40 bits per heavy atom. The molecule has 5 heteroatoms. The van der Waals surface area contributed by atoms with Crippen LogP contribution < -0.4 is 11.1 Å². The molecule has 114 valence electrons. The lowest BCUT2D eigenvalue weighted by Crippen LogP contribution is -2.53. The van der Waals surface area contributed by atoms with Gasteiger partial charge in [0.1, 0.15) is 0 Å². The number of primary amides is 1. The molecule has 20 heavy (non-hydrogen) atoms. The fourth-order valence-electron chi connectivity index (χ4n) is 2.73. The maximum Gasteiger partial charge on any atom is 0.237 e. The summed E-state index contributed by atoms with van der Waals surface area (Å²) in [5.74, 6) is -0.290. The molecule has 0 fully saturated rings. The van der Waals surface area contributed by atoms with Crippen LogP contribution >= 0.6 is 0 Å². The Kier molecular flexibility index (Phi) is 5.74. The van der Waals surface area contributed by atoms with Crippen LogP contribution in [0.1, 0.15) is 50.6 Å². The number of aryl methyl sites for hydroxylation is 2. The van der Waals surface area contributed by atoms with Gasteiger partial charge in [-0.3, -0.25) is 9.48 Å². The highest BCUT2D eigenvalue weighted by Crippen LogP contribution is 2.16. The number of nitrogens with one attached hydrogen (secondary N) is 1. The van der Waals surface area contributed by atoms with Crippen LogP contribution in [-0.4, -0.2) is 27.8 Å². The first kappa shape index (κ1) is 16.7. The zero-order valence-corrected chi connectivity index (χ0v) is 13.4. The molecule has 1 rings (SSSR count). The summed E-state index contributed by atoms with van der Waals surface area (Å²) in [6.45, 7) is 11.7. The number of aromatic nitrogens is 2. The lowest BCUT2D eigenvalue weighted by Gasteiger charge is -2.27. The Hall–Kier alpha value is -1.36. The van der Waals surface area contributed by atoms with Crippen molar-refractivity contribution in [2.75, 3.05) is 6.54 Å². The van der Waals surface area contributed by atoms with E-state index in [4.69, 9.17) is 5.73 Å². The first-order valence-corrected chi connectivity index (χ1v) is 7.43. The van der Waals surface area contributed by atoms with Gasteiger partial charge < -0.3 is 11.1 Å². The third-order valence-electron chi connectivity index (χ3n) is 4.04. The maximum absolute atomic E-state index is 11.6. The molecule has 0 aliphatic carbocycles. The van der Waals surface area contributed by atoms with Gasteiger partial charge in [-0.1, -0.05) is 13.8 Å². The second kappa shape index (κ2) is 6.88. The molecule has 0 bridgehead atoms. The third kappa shape index (κ3) is 3.60. The van der Waals surface area contributed by atoms with Crippen LogP contribution in [0, 0.1) is 13.8 Å². The highest BCUT2D eigenvalue weighted by atomic mass is 16.1. The van der Waals surface area contributed by atoms with Crippen molar-refractivity contribution >= 4 is 5.91 Å². The number of nitrogens with zero attached hydrogens (tertiary/aromatic N) is 2. The first-order chi connectivity index (χ1) is 9.35.